The summed E-state index contributed by atoms with van der Waals surface area (Å²) in [6.07, 6.45) is 3.17. The number of carbonyl (C=O) groups excluding carboxylic acids is 2. The molecule has 0 aliphatic carbocycles. The van der Waals surface area contributed by atoms with E-state index in [4.69, 9.17) is 4.74 Å². The maximum Gasteiger partial charge on any atom is 0.255 e. The van der Waals surface area contributed by atoms with E-state index in [0.29, 0.717) is 25.3 Å². The maximum atomic E-state index is 12.4. The van der Waals surface area contributed by atoms with Crippen molar-refractivity contribution in [1.82, 2.24) is 15.2 Å². The van der Waals surface area contributed by atoms with Crippen LogP contribution in [-0.4, -0.2) is 55.6 Å². The summed E-state index contributed by atoms with van der Waals surface area (Å²) in [5.41, 5.74) is 0.543. The standard InChI is InChI=1S/C14H19N3O3/c1-15-13(18)12-8-17(7-11(12)9-20-2)14(19)10-4-3-5-16-6-10/h3-6,11-12H,7-9H2,1-2H3,(H,15,18)/t11-,12+/m0/s1. The van der Waals surface area contributed by atoms with Crippen molar-refractivity contribution in [3.8, 4) is 0 Å². The second kappa shape index (κ2) is 6.47. The number of amides is 2. The van der Waals surface area contributed by atoms with E-state index in [2.05, 4.69) is 10.3 Å². The summed E-state index contributed by atoms with van der Waals surface area (Å²) in [4.78, 5) is 29.9. The number of nitrogens with one attached hydrogen (secondary N) is 1. The van der Waals surface area contributed by atoms with Crippen LogP contribution < -0.4 is 5.32 Å². The summed E-state index contributed by atoms with van der Waals surface area (Å²) < 4.78 is 5.15. The average Bonchev–Trinajstić information content (AvgIpc) is 2.91. The Kier molecular flexibility index (Phi) is 4.68. The van der Waals surface area contributed by atoms with Crippen molar-refractivity contribution in [1.29, 1.82) is 0 Å². The molecule has 20 heavy (non-hydrogen) atoms. The van der Waals surface area contributed by atoms with E-state index in [1.807, 2.05) is 0 Å². The van der Waals surface area contributed by atoms with Gasteiger partial charge in [0.15, 0.2) is 0 Å². The van der Waals surface area contributed by atoms with Gasteiger partial charge in [-0.1, -0.05) is 0 Å². The van der Waals surface area contributed by atoms with Gasteiger partial charge in [-0.15, -0.1) is 0 Å². The lowest BCUT2D eigenvalue weighted by atomic mass is 9.96. The summed E-state index contributed by atoms with van der Waals surface area (Å²) in [5, 5.41) is 2.65. The molecule has 0 unspecified atom stereocenters. The fraction of sp³-hybridized carbons (Fsp3) is 0.500. The Hall–Kier alpha value is -1.95. The molecule has 1 aliphatic heterocycles. The highest BCUT2D eigenvalue weighted by atomic mass is 16.5. The number of aromatic nitrogens is 1. The maximum absolute atomic E-state index is 12.4. The zero-order chi connectivity index (χ0) is 14.5. The van der Waals surface area contributed by atoms with E-state index < -0.39 is 0 Å². The molecule has 108 valence electrons. The fourth-order valence-electron chi connectivity index (χ4n) is 2.57. The van der Waals surface area contributed by atoms with E-state index in [1.54, 1.807) is 43.6 Å². The van der Waals surface area contributed by atoms with Gasteiger partial charge in [0, 0.05) is 45.6 Å². The van der Waals surface area contributed by atoms with E-state index in [0.717, 1.165) is 0 Å². The molecule has 1 N–H and O–H groups in total. The molecule has 0 bridgehead atoms. The van der Waals surface area contributed by atoms with Crippen molar-refractivity contribution < 1.29 is 14.3 Å². The smallest absolute Gasteiger partial charge is 0.255 e. The predicted octanol–water partition coefficient (Wildman–Crippen LogP) is 0.162. The van der Waals surface area contributed by atoms with Crippen LogP contribution in [-0.2, 0) is 9.53 Å². The average molecular weight is 277 g/mol. The predicted molar refractivity (Wildman–Crippen MR) is 73.1 cm³/mol. The van der Waals surface area contributed by atoms with E-state index in [-0.39, 0.29) is 23.7 Å². The number of likely N-dealkylation sites (tertiary alicyclic amines) is 1. The molecule has 6 nitrogen and oxygen atoms in total. The Labute approximate surface area is 118 Å². The third kappa shape index (κ3) is 2.96. The Balaban J connectivity index is 2.11. The second-order valence-corrected chi connectivity index (χ2v) is 4.89. The quantitative estimate of drug-likeness (QED) is 0.851. The second-order valence-electron chi connectivity index (χ2n) is 4.89. The van der Waals surface area contributed by atoms with Gasteiger partial charge in [0.1, 0.15) is 0 Å². The van der Waals surface area contributed by atoms with Gasteiger partial charge in [-0.25, -0.2) is 0 Å². The molecular formula is C14H19N3O3. The molecule has 1 aromatic heterocycles. The van der Waals surface area contributed by atoms with Crippen molar-refractivity contribution in [3.63, 3.8) is 0 Å². The van der Waals surface area contributed by atoms with Gasteiger partial charge in [0.25, 0.3) is 5.91 Å². The summed E-state index contributed by atoms with van der Waals surface area (Å²) >= 11 is 0. The summed E-state index contributed by atoms with van der Waals surface area (Å²) in [6.45, 7) is 1.41. The molecule has 6 heteroatoms. The molecule has 0 aromatic carbocycles. The van der Waals surface area contributed by atoms with Crippen molar-refractivity contribution in [3.05, 3.63) is 30.1 Å². The SMILES string of the molecule is CNC(=O)[C@@H]1CN(C(=O)c2cccnc2)C[C@H]1COC. The zero-order valence-electron chi connectivity index (χ0n) is 11.7. The van der Waals surface area contributed by atoms with Crippen LogP contribution in [0.1, 0.15) is 10.4 Å². The first-order valence-corrected chi connectivity index (χ1v) is 6.57. The highest BCUT2D eigenvalue weighted by molar-refractivity contribution is 5.94. The number of nitrogens with zero attached hydrogens (tertiary/aromatic N) is 2. The van der Waals surface area contributed by atoms with Gasteiger partial charge in [0.05, 0.1) is 18.1 Å². The Morgan fingerprint density at radius 3 is 2.90 bits per heavy atom. The van der Waals surface area contributed by atoms with Crippen LogP contribution in [0, 0.1) is 11.8 Å². The van der Waals surface area contributed by atoms with Gasteiger partial charge in [-0.05, 0) is 12.1 Å². The van der Waals surface area contributed by atoms with Crippen molar-refractivity contribution in [2.75, 3.05) is 33.9 Å². The van der Waals surface area contributed by atoms with Gasteiger partial charge in [-0.3, -0.25) is 14.6 Å². The summed E-state index contributed by atoms with van der Waals surface area (Å²) in [6, 6.07) is 3.46. The third-order valence-electron chi connectivity index (χ3n) is 3.60. The minimum Gasteiger partial charge on any atom is -0.384 e. The first kappa shape index (κ1) is 14.5. The van der Waals surface area contributed by atoms with E-state index in [1.165, 1.54) is 0 Å². The molecular weight excluding hydrogens is 258 g/mol. The number of carbonyl (C=O) groups is 2. The lowest BCUT2D eigenvalue weighted by Gasteiger charge is -2.15. The summed E-state index contributed by atoms with van der Waals surface area (Å²) in [5.74, 6) is -0.333. The Morgan fingerprint density at radius 2 is 2.30 bits per heavy atom. The van der Waals surface area contributed by atoms with Crippen LogP contribution in [0.5, 0.6) is 0 Å². The molecule has 1 aliphatic rings. The number of ether oxygens (including phenoxy) is 1. The van der Waals surface area contributed by atoms with Crippen LogP contribution in [0.3, 0.4) is 0 Å². The Bertz CT molecular complexity index is 478. The van der Waals surface area contributed by atoms with Gasteiger partial charge in [0.2, 0.25) is 5.91 Å². The van der Waals surface area contributed by atoms with Gasteiger partial charge < -0.3 is 15.0 Å². The highest BCUT2D eigenvalue weighted by Gasteiger charge is 2.39. The first-order valence-electron chi connectivity index (χ1n) is 6.57. The van der Waals surface area contributed by atoms with Gasteiger partial charge in [-0.2, -0.15) is 0 Å². The van der Waals surface area contributed by atoms with Crippen LogP contribution in [0.15, 0.2) is 24.5 Å². The van der Waals surface area contributed by atoms with E-state index >= 15 is 0 Å². The van der Waals surface area contributed by atoms with Crippen molar-refractivity contribution in [2.45, 2.75) is 0 Å². The largest absolute Gasteiger partial charge is 0.384 e. The molecule has 1 fully saturated rings. The van der Waals surface area contributed by atoms with Gasteiger partial charge >= 0.3 is 0 Å². The minimum absolute atomic E-state index is 0.0283. The van der Waals surface area contributed by atoms with Crippen molar-refractivity contribution >= 4 is 11.8 Å². The molecule has 0 radical (unpaired) electrons. The van der Waals surface area contributed by atoms with Crippen molar-refractivity contribution in [2.24, 2.45) is 11.8 Å². The van der Waals surface area contributed by atoms with Crippen LogP contribution in [0.4, 0.5) is 0 Å². The molecule has 1 aromatic rings. The lowest BCUT2D eigenvalue weighted by Crippen LogP contribution is -2.34. The minimum atomic E-state index is -0.222. The monoisotopic (exact) mass is 277 g/mol. The third-order valence-corrected chi connectivity index (χ3v) is 3.60. The molecule has 2 amide bonds. The topological polar surface area (TPSA) is 71.5 Å². The molecule has 0 saturated carbocycles. The number of hydrogen-bond donors (Lipinski definition) is 1. The Morgan fingerprint density at radius 1 is 1.50 bits per heavy atom. The number of rotatable bonds is 4. The first-order chi connectivity index (χ1) is 9.67. The number of pyridine rings is 1. The van der Waals surface area contributed by atoms with Crippen LogP contribution in [0.25, 0.3) is 0 Å². The zero-order valence-corrected chi connectivity index (χ0v) is 11.7. The molecule has 1 saturated heterocycles. The molecule has 2 atom stereocenters. The number of methoxy groups -OCH3 is 1. The number of hydrogen-bond acceptors (Lipinski definition) is 4. The normalized spacial score (nSPS) is 21.8. The van der Waals surface area contributed by atoms with Crippen LogP contribution >= 0.6 is 0 Å². The summed E-state index contributed by atoms with van der Waals surface area (Å²) in [7, 11) is 3.21. The lowest BCUT2D eigenvalue weighted by molar-refractivity contribution is -0.125. The molecule has 0 spiro atoms. The highest BCUT2D eigenvalue weighted by Crippen LogP contribution is 2.25. The molecule has 2 heterocycles. The van der Waals surface area contributed by atoms with E-state index in [9.17, 15) is 9.59 Å². The molecule has 2 rings (SSSR count). The fourth-order valence-corrected chi connectivity index (χ4v) is 2.57. The van der Waals surface area contributed by atoms with Crippen LogP contribution in [0.2, 0.25) is 0 Å².